The highest BCUT2D eigenvalue weighted by molar-refractivity contribution is 6.55. The molecule has 24 heavy (non-hydrogen) atoms. The van der Waals surface area contributed by atoms with E-state index in [1.54, 1.807) is 18.2 Å². The van der Waals surface area contributed by atoms with Gasteiger partial charge in [0.15, 0.2) is 0 Å². The van der Waals surface area contributed by atoms with Crippen molar-refractivity contribution in [3.05, 3.63) is 63.6 Å². The summed E-state index contributed by atoms with van der Waals surface area (Å²) in [4.78, 5) is 0. The van der Waals surface area contributed by atoms with Crippen molar-refractivity contribution in [3.8, 4) is 17.2 Å². The zero-order chi connectivity index (χ0) is 17.7. The van der Waals surface area contributed by atoms with Crippen LogP contribution in [0, 0.1) is 0 Å². The number of rotatable bonds is 5. The third kappa shape index (κ3) is 5.51. The smallest absolute Gasteiger partial charge is 0.420 e. The first kappa shape index (κ1) is 18.8. The molecule has 0 aliphatic heterocycles. The SMILES string of the molecule is FC(F)(F)c1cc(Oc2cccc(Cl)c2)ccc1OCC=C(Cl)Cl. The average molecular weight is 398 g/mol. The van der Waals surface area contributed by atoms with E-state index in [1.165, 1.54) is 24.3 Å². The molecule has 2 rings (SSSR count). The first-order valence-corrected chi connectivity index (χ1v) is 7.68. The molecule has 0 heterocycles. The topological polar surface area (TPSA) is 18.5 Å². The predicted octanol–water partition coefficient (Wildman–Crippen LogP) is 6.85. The molecule has 0 saturated heterocycles. The van der Waals surface area contributed by atoms with Gasteiger partial charge < -0.3 is 9.47 Å². The molecule has 0 saturated carbocycles. The lowest BCUT2D eigenvalue weighted by molar-refractivity contribution is -0.138. The third-order valence-electron chi connectivity index (χ3n) is 2.76. The van der Waals surface area contributed by atoms with Gasteiger partial charge in [0.05, 0.1) is 0 Å². The average Bonchev–Trinajstić information content (AvgIpc) is 2.47. The zero-order valence-corrected chi connectivity index (χ0v) is 14.2. The largest absolute Gasteiger partial charge is 0.489 e. The predicted molar refractivity (Wildman–Crippen MR) is 88.3 cm³/mol. The molecule has 0 atom stereocenters. The molecule has 0 bridgehead atoms. The Balaban J connectivity index is 2.27. The van der Waals surface area contributed by atoms with Crippen LogP contribution >= 0.6 is 34.8 Å². The van der Waals surface area contributed by atoms with Crippen molar-refractivity contribution >= 4 is 34.8 Å². The molecule has 2 aromatic carbocycles. The maximum absolute atomic E-state index is 13.2. The highest BCUT2D eigenvalue weighted by Crippen LogP contribution is 2.39. The van der Waals surface area contributed by atoms with Crippen molar-refractivity contribution < 1.29 is 22.6 Å². The molecule has 0 aliphatic carbocycles. The van der Waals surface area contributed by atoms with E-state index in [2.05, 4.69) is 0 Å². The van der Waals surface area contributed by atoms with Gasteiger partial charge in [0, 0.05) is 5.02 Å². The summed E-state index contributed by atoms with van der Waals surface area (Å²) in [5.74, 6) is -0.0317. The van der Waals surface area contributed by atoms with Crippen molar-refractivity contribution in [1.82, 2.24) is 0 Å². The Morgan fingerprint density at radius 2 is 1.75 bits per heavy atom. The zero-order valence-electron chi connectivity index (χ0n) is 11.9. The minimum absolute atomic E-state index is 0.00265. The lowest BCUT2D eigenvalue weighted by atomic mass is 10.2. The molecule has 0 unspecified atom stereocenters. The first-order chi connectivity index (χ1) is 11.3. The Labute approximate surface area is 151 Å². The Morgan fingerprint density at radius 1 is 1.04 bits per heavy atom. The van der Waals surface area contributed by atoms with Crippen LogP contribution in [0.25, 0.3) is 0 Å². The summed E-state index contributed by atoms with van der Waals surface area (Å²) >= 11 is 16.6. The van der Waals surface area contributed by atoms with Gasteiger partial charge in [0.25, 0.3) is 0 Å². The van der Waals surface area contributed by atoms with Crippen LogP contribution in [0.4, 0.5) is 13.2 Å². The number of hydrogen-bond acceptors (Lipinski definition) is 2. The Bertz CT molecular complexity index is 742. The van der Waals surface area contributed by atoms with Crippen molar-refractivity contribution in [2.24, 2.45) is 0 Å². The van der Waals surface area contributed by atoms with Crippen LogP contribution in [0.15, 0.2) is 53.0 Å². The van der Waals surface area contributed by atoms with E-state index >= 15 is 0 Å². The van der Waals surface area contributed by atoms with Gasteiger partial charge in [-0.3, -0.25) is 0 Å². The Kier molecular flexibility index (Phi) is 6.27. The maximum atomic E-state index is 13.2. The van der Waals surface area contributed by atoms with Crippen LogP contribution in [0.3, 0.4) is 0 Å². The maximum Gasteiger partial charge on any atom is 0.420 e. The lowest BCUT2D eigenvalue weighted by Crippen LogP contribution is -2.09. The quantitative estimate of drug-likeness (QED) is 0.549. The second kappa shape index (κ2) is 8.01. The van der Waals surface area contributed by atoms with Crippen LogP contribution < -0.4 is 9.47 Å². The summed E-state index contributed by atoms with van der Waals surface area (Å²) in [6.07, 6.45) is -3.38. The molecule has 0 fully saturated rings. The van der Waals surface area contributed by atoms with E-state index in [1.807, 2.05) is 0 Å². The number of ether oxygens (including phenoxy) is 2. The summed E-state index contributed by atoms with van der Waals surface area (Å²) in [7, 11) is 0. The molecule has 0 N–H and O–H groups in total. The normalized spacial score (nSPS) is 11.1. The molecule has 0 aromatic heterocycles. The van der Waals surface area contributed by atoms with Crippen LogP contribution in [-0.4, -0.2) is 6.61 Å². The number of alkyl halides is 3. The van der Waals surface area contributed by atoms with E-state index < -0.39 is 11.7 Å². The molecular weight excluding hydrogens is 388 g/mol. The molecule has 2 aromatic rings. The van der Waals surface area contributed by atoms with E-state index in [4.69, 9.17) is 44.3 Å². The molecule has 8 heteroatoms. The molecule has 128 valence electrons. The van der Waals surface area contributed by atoms with Gasteiger partial charge in [-0.05, 0) is 42.5 Å². The van der Waals surface area contributed by atoms with Gasteiger partial charge in [-0.1, -0.05) is 40.9 Å². The standard InChI is InChI=1S/C16H10Cl3F3O2/c17-10-2-1-3-11(8-10)24-12-4-5-14(23-7-6-15(18)19)13(9-12)16(20,21)22/h1-6,8-9H,7H2. The van der Waals surface area contributed by atoms with Crippen LogP contribution in [0.1, 0.15) is 5.56 Å². The molecule has 0 aliphatic rings. The van der Waals surface area contributed by atoms with E-state index in [9.17, 15) is 13.2 Å². The Hall–Kier alpha value is -1.56. The lowest BCUT2D eigenvalue weighted by Gasteiger charge is -2.15. The highest BCUT2D eigenvalue weighted by Gasteiger charge is 2.35. The molecule has 2 nitrogen and oxygen atoms in total. The third-order valence-corrected chi connectivity index (χ3v) is 3.31. The van der Waals surface area contributed by atoms with Crippen LogP contribution in [0.2, 0.25) is 5.02 Å². The minimum atomic E-state index is -4.61. The Morgan fingerprint density at radius 3 is 2.38 bits per heavy atom. The highest BCUT2D eigenvalue weighted by atomic mass is 35.5. The fourth-order valence-electron chi connectivity index (χ4n) is 1.78. The summed E-state index contributed by atoms with van der Waals surface area (Å²) in [5, 5.41) is 0.410. The van der Waals surface area contributed by atoms with Gasteiger partial charge in [-0.25, -0.2) is 0 Å². The molecular formula is C16H10Cl3F3O2. The van der Waals surface area contributed by atoms with Gasteiger partial charge in [-0.15, -0.1) is 0 Å². The van der Waals surface area contributed by atoms with Gasteiger partial charge in [0.2, 0.25) is 0 Å². The van der Waals surface area contributed by atoms with E-state index in [0.29, 0.717) is 10.8 Å². The fourth-order valence-corrected chi connectivity index (χ4v) is 2.09. The van der Waals surface area contributed by atoms with Crippen LogP contribution in [0.5, 0.6) is 17.2 Å². The second-order valence-corrected chi connectivity index (χ2v) is 5.96. The summed E-state index contributed by atoms with van der Waals surface area (Å²) < 4.78 is 49.9. The summed E-state index contributed by atoms with van der Waals surface area (Å²) in [5.41, 5.74) is -0.971. The number of benzene rings is 2. The first-order valence-electron chi connectivity index (χ1n) is 6.54. The van der Waals surface area contributed by atoms with Gasteiger partial charge in [-0.2, -0.15) is 13.2 Å². The molecule has 0 radical (unpaired) electrons. The number of hydrogen-bond donors (Lipinski definition) is 0. The summed E-state index contributed by atoms with van der Waals surface area (Å²) in [6, 6.07) is 9.70. The van der Waals surface area contributed by atoms with Gasteiger partial charge in [0.1, 0.15) is 33.9 Å². The monoisotopic (exact) mass is 396 g/mol. The van der Waals surface area contributed by atoms with Gasteiger partial charge >= 0.3 is 6.18 Å². The molecule has 0 amide bonds. The summed E-state index contributed by atoms with van der Waals surface area (Å²) in [6.45, 7) is -0.195. The van der Waals surface area contributed by atoms with Crippen LogP contribution in [-0.2, 0) is 6.18 Å². The fraction of sp³-hybridized carbons (Fsp3) is 0.125. The van der Waals surface area contributed by atoms with Crippen molar-refractivity contribution in [3.63, 3.8) is 0 Å². The van der Waals surface area contributed by atoms with E-state index in [-0.39, 0.29) is 22.6 Å². The van der Waals surface area contributed by atoms with Crippen molar-refractivity contribution in [1.29, 1.82) is 0 Å². The van der Waals surface area contributed by atoms with Crippen molar-refractivity contribution in [2.45, 2.75) is 6.18 Å². The molecule has 0 spiro atoms. The van der Waals surface area contributed by atoms with E-state index in [0.717, 1.165) is 6.07 Å². The second-order valence-electron chi connectivity index (χ2n) is 4.52. The van der Waals surface area contributed by atoms with Crippen molar-refractivity contribution in [2.75, 3.05) is 6.61 Å². The number of halogens is 6. The minimum Gasteiger partial charge on any atom is -0.489 e.